The molecule has 1 aliphatic heterocycles. The maximum atomic E-state index is 13.1. The molecule has 0 unspecified atom stereocenters. The molecule has 11 nitrogen and oxygen atoms in total. The number of hydrogen-bond donors (Lipinski definition) is 3. The summed E-state index contributed by atoms with van der Waals surface area (Å²) in [6.45, 7) is 0.740. The zero-order valence-corrected chi connectivity index (χ0v) is 22.4. The first-order valence-corrected chi connectivity index (χ1v) is 12.9. The van der Waals surface area contributed by atoms with Gasteiger partial charge >= 0.3 is 0 Å². The number of aromatic nitrogens is 4. The number of pyridine rings is 2. The average molecular weight is 550 g/mol. The van der Waals surface area contributed by atoms with Crippen molar-refractivity contribution < 1.29 is 14.3 Å². The van der Waals surface area contributed by atoms with Crippen molar-refractivity contribution in [3.05, 3.63) is 94.9 Å². The highest BCUT2D eigenvalue weighted by molar-refractivity contribution is 6.04. The predicted octanol–water partition coefficient (Wildman–Crippen LogP) is 4.10. The number of nitrogens with zero attached hydrogens (tertiary/aromatic N) is 4. The van der Waals surface area contributed by atoms with Gasteiger partial charge in [-0.25, -0.2) is 4.68 Å². The minimum Gasteiger partial charge on any atom is -0.473 e. The van der Waals surface area contributed by atoms with Gasteiger partial charge in [0.05, 0.1) is 22.6 Å². The highest BCUT2D eigenvalue weighted by Crippen LogP contribution is 2.41. The number of benzene rings is 2. The van der Waals surface area contributed by atoms with Crippen LogP contribution in [-0.4, -0.2) is 51.2 Å². The lowest BCUT2D eigenvalue weighted by atomic mass is 10.0. The Morgan fingerprint density at radius 2 is 1.90 bits per heavy atom. The van der Waals surface area contributed by atoms with E-state index in [9.17, 15) is 9.59 Å². The molecule has 0 bridgehead atoms. The molecule has 206 valence electrons. The standard InChI is InChI=1S/C30H27N7O4/c1-36(2)16-6-9-23(38)33-22-14-15-32-26-21(22)17-40-30-24(26)27-25(29(39)34-30)28(31)37(35-27)18-10-12-20(13-11-18)41-19-7-4-3-5-8-19/h3-15H,16-17,31H2,1-2H3,(H,34,39)(H,32,33,38)/b9-6+. The van der Waals surface area contributed by atoms with Crippen molar-refractivity contribution in [2.45, 2.75) is 6.61 Å². The average Bonchev–Trinajstić information content (AvgIpc) is 3.31. The fourth-order valence-electron chi connectivity index (χ4n) is 4.63. The van der Waals surface area contributed by atoms with Gasteiger partial charge in [0.15, 0.2) is 0 Å². The summed E-state index contributed by atoms with van der Waals surface area (Å²) in [5.74, 6) is 1.50. The number of aromatic amines is 1. The van der Waals surface area contributed by atoms with Crippen LogP contribution in [0.15, 0.2) is 83.8 Å². The smallest absolute Gasteiger partial charge is 0.264 e. The Morgan fingerprint density at radius 1 is 1.15 bits per heavy atom. The molecular formula is C30H27N7O4. The van der Waals surface area contributed by atoms with Gasteiger partial charge in [0, 0.05) is 24.4 Å². The molecule has 41 heavy (non-hydrogen) atoms. The van der Waals surface area contributed by atoms with Crippen LogP contribution >= 0.6 is 0 Å². The lowest BCUT2D eigenvalue weighted by molar-refractivity contribution is -0.111. The molecule has 3 aromatic heterocycles. The number of nitrogens with one attached hydrogen (secondary N) is 2. The van der Waals surface area contributed by atoms with Crippen LogP contribution in [0.25, 0.3) is 27.8 Å². The van der Waals surface area contributed by atoms with E-state index in [-0.39, 0.29) is 29.6 Å². The number of ether oxygens (including phenoxy) is 2. The van der Waals surface area contributed by atoms with Crippen LogP contribution in [0.3, 0.4) is 0 Å². The molecule has 4 N–H and O–H groups in total. The van der Waals surface area contributed by atoms with Crippen molar-refractivity contribution in [3.8, 4) is 34.3 Å². The second-order valence-electron chi connectivity index (χ2n) is 9.72. The van der Waals surface area contributed by atoms with Gasteiger partial charge in [0.25, 0.3) is 5.56 Å². The molecule has 11 heteroatoms. The van der Waals surface area contributed by atoms with Crippen molar-refractivity contribution in [1.29, 1.82) is 0 Å². The lowest BCUT2D eigenvalue weighted by Crippen LogP contribution is -2.18. The first kappa shape index (κ1) is 25.8. The van der Waals surface area contributed by atoms with E-state index >= 15 is 0 Å². The van der Waals surface area contributed by atoms with Gasteiger partial charge in [-0.2, -0.15) is 5.10 Å². The monoisotopic (exact) mass is 549 g/mol. The van der Waals surface area contributed by atoms with Gasteiger partial charge < -0.3 is 25.4 Å². The zero-order chi connectivity index (χ0) is 28.5. The number of carbonyl (C=O) groups excluding carboxylic acids is 1. The van der Waals surface area contributed by atoms with Crippen LogP contribution in [0.4, 0.5) is 11.5 Å². The van der Waals surface area contributed by atoms with Gasteiger partial charge in [-0.1, -0.05) is 24.3 Å². The summed E-state index contributed by atoms with van der Waals surface area (Å²) in [7, 11) is 3.84. The number of carbonyl (C=O) groups is 1. The van der Waals surface area contributed by atoms with Crippen molar-refractivity contribution in [2.75, 3.05) is 31.7 Å². The Bertz CT molecular complexity index is 1840. The first-order valence-electron chi connectivity index (χ1n) is 12.9. The Morgan fingerprint density at radius 3 is 2.66 bits per heavy atom. The van der Waals surface area contributed by atoms with Gasteiger partial charge in [-0.05, 0) is 56.6 Å². The van der Waals surface area contributed by atoms with Crippen LogP contribution < -0.4 is 26.1 Å². The van der Waals surface area contributed by atoms with Crippen LogP contribution in [0.1, 0.15) is 5.56 Å². The zero-order valence-electron chi connectivity index (χ0n) is 22.4. The molecule has 0 saturated carbocycles. The molecule has 0 atom stereocenters. The molecule has 1 aliphatic rings. The van der Waals surface area contributed by atoms with Crippen LogP contribution in [0.2, 0.25) is 0 Å². The summed E-state index contributed by atoms with van der Waals surface area (Å²) in [6, 6.07) is 18.4. The fourth-order valence-corrected chi connectivity index (χ4v) is 4.63. The highest BCUT2D eigenvalue weighted by Gasteiger charge is 2.29. The summed E-state index contributed by atoms with van der Waals surface area (Å²) in [6.07, 6.45) is 4.85. The van der Waals surface area contributed by atoms with E-state index in [4.69, 9.17) is 20.3 Å². The fraction of sp³-hybridized carbons (Fsp3) is 0.133. The number of H-pyrrole nitrogens is 1. The van der Waals surface area contributed by atoms with Crippen LogP contribution in [-0.2, 0) is 11.4 Å². The number of fused-ring (bicyclic) bond motifs is 5. The number of nitrogen functional groups attached to an aromatic ring is 1. The molecular weight excluding hydrogens is 522 g/mol. The van der Waals surface area contributed by atoms with E-state index in [1.54, 1.807) is 42.6 Å². The molecule has 6 rings (SSSR count). The highest BCUT2D eigenvalue weighted by atomic mass is 16.5. The maximum absolute atomic E-state index is 13.1. The van der Waals surface area contributed by atoms with E-state index in [1.165, 1.54) is 10.8 Å². The summed E-state index contributed by atoms with van der Waals surface area (Å²) < 4.78 is 13.3. The summed E-state index contributed by atoms with van der Waals surface area (Å²) in [4.78, 5) is 34.9. The van der Waals surface area contributed by atoms with E-state index in [0.29, 0.717) is 51.8 Å². The maximum Gasteiger partial charge on any atom is 0.264 e. The van der Waals surface area contributed by atoms with Crippen LogP contribution in [0.5, 0.6) is 17.4 Å². The van der Waals surface area contributed by atoms with Gasteiger partial charge in [-0.15, -0.1) is 0 Å². The predicted molar refractivity (Wildman–Crippen MR) is 157 cm³/mol. The molecule has 0 radical (unpaired) electrons. The Labute approximate surface area is 234 Å². The number of anilines is 2. The topological polar surface area (TPSA) is 140 Å². The van der Waals surface area contributed by atoms with E-state index in [2.05, 4.69) is 15.3 Å². The Balaban J connectivity index is 1.38. The van der Waals surface area contributed by atoms with Crippen molar-refractivity contribution in [1.82, 2.24) is 24.6 Å². The van der Waals surface area contributed by atoms with E-state index in [0.717, 1.165) is 0 Å². The number of rotatable bonds is 7. The molecule has 5 aromatic rings. The largest absolute Gasteiger partial charge is 0.473 e. The van der Waals surface area contributed by atoms with E-state index < -0.39 is 5.56 Å². The molecule has 0 spiro atoms. The molecule has 0 saturated heterocycles. The molecule has 4 heterocycles. The van der Waals surface area contributed by atoms with Crippen molar-refractivity contribution >= 4 is 28.3 Å². The van der Waals surface area contributed by atoms with Gasteiger partial charge in [0.1, 0.15) is 34.8 Å². The molecule has 0 fully saturated rings. The van der Waals surface area contributed by atoms with Crippen molar-refractivity contribution in [2.24, 2.45) is 0 Å². The van der Waals surface area contributed by atoms with Crippen LogP contribution in [0, 0.1) is 0 Å². The molecule has 0 aliphatic carbocycles. The third kappa shape index (κ3) is 5.01. The summed E-state index contributed by atoms with van der Waals surface area (Å²) in [5.41, 5.74) is 9.28. The minimum atomic E-state index is -0.425. The molecule has 1 amide bonds. The number of likely N-dealkylation sites (N-methyl/N-ethyl adjacent to an activating group) is 1. The lowest BCUT2D eigenvalue weighted by Gasteiger charge is -2.21. The first-order chi connectivity index (χ1) is 19.9. The van der Waals surface area contributed by atoms with Gasteiger partial charge in [0.2, 0.25) is 11.8 Å². The quantitative estimate of drug-likeness (QED) is 0.258. The number of nitrogens with two attached hydrogens (primary N) is 1. The number of hydrogen-bond acceptors (Lipinski definition) is 8. The third-order valence-corrected chi connectivity index (χ3v) is 6.55. The van der Waals surface area contributed by atoms with Crippen molar-refractivity contribution in [3.63, 3.8) is 0 Å². The second kappa shape index (κ2) is 10.6. The summed E-state index contributed by atoms with van der Waals surface area (Å²) in [5, 5.41) is 7.84. The SMILES string of the molecule is CN(C)C/C=C/C(=O)Nc1ccnc2c1COc1[nH]c(=O)c3c(N)n(-c4ccc(Oc5ccccc5)cc4)nc3c1-2. The molecule has 2 aromatic carbocycles. The normalized spacial score (nSPS) is 12.3. The number of para-hydroxylation sites is 1. The Kier molecular flexibility index (Phi) is 6.70. The summed E-state index contributed by atoms with van der Waals surface area (Å²) >= 11 is 0. The van der Waals surface area contributed by atoms with E-state index in [1.807, 2.05) is 49.3 Å². The minimum absolute atomic E-state index is 0.105. The van der Waals surface area contributed by atoms with Gasteiger partial charge in [-0.3, -0.25) is 19.6 Å². The Hall–Kier alpha value is -5.42. The third-order valence-electron chi connectivity index (χ3n) is 6.55. The number of amides is 1. The second-order valence-corrected chi connectivity index (χ2v) is 9.72.